The number of allylic oxidation sites excluding steroid dienone is 4. The normalized spacial score (nSPS) is 26.1. The summed E-state index contributed by atoms with van der Waals surface area (Å²) in [6.45, 7) is 2.26. The van der Waals surface area contributed by atoms with E-state index in [0.29, 0.717) is 0 Å². The third-order valence-electron chi connectivity index (χ3n) is 8.44. The third kappa shape index (κ3) is 9.52. The number of hydrogen-bond donors (Lipinski definition) is 0. The quantitative estimate of drug-likeness (QED) is 0.178. The molecule has 0 amide bonds. The highest BCUT2D eigenvalue weighted by Crippen LogP contribution is 2.39. The maximum atomic E-state index is 8.49. The molecule has 33 heavy (non-hydrogen) atoms. The van der Waals surface area contributed by atoms with Crippen LogP contribution in [0.15, 0.2) is 48.6 Å². The van der Waals surface area contributed by atoms with E-state index in [1.807, 2.05) is 18.2 Å². The summed E-state index contributed by atoms with van der Waals surface area (Å²) < 4.78 is 0. The summed E-state index contributed by atoms with van der Waals surface area (Å²) in [5, 5.41) is 8.49. The topological polar surface area (TPSA) is 23.8 Å². The second-order valence-electron chi connectivity index (χ2n) is 10.9. The highest BCUT2D eigenvalue weighted by atomic mass is 14.3. The van der Waals surface area contributed by atoms with E-state index in [1.165, 1.54) is 102 Å². The molecular formula is C32H47N. The van der Waals surface area contributed by atoms with Crippen LogP contribution < -0.4 is 0 Å². The fourth-order valence-electron chi connectivity index (χ4n) is 6.31. The molecule has 180 valence electrons. The summed E-state index contributed by atoms with van der Waals surface area (Å²) in [5.41, 5.74) is 3.09. The fourth-order valence-corrected chi connectivity index (χ4v) is 6.31. The van der Waals surface area contributed by atoms with Crippen LogP contribution in [-0.2, 0) is 6.42 Å². The molecule has 0 spiro atoms. The van der Waals surface area contributed by atoms with Crippen molar-refractivity contribution in [1.29, 1.82) is 5.26 Å². The standard InChI is InChI=1S/C32H47N/c1-2-10-27-18-22-31(23-19-27)32-24-20-30(21-25-32)13-8-7-12-29-16-14-28(15-17-29)11-6-4-3-5-9-26-33/h3-5,9,18-19,22-23,28-30,32H,2,6-8,10-17,20-21,24-25H2,1H3/t28-,29-,30-,32-. The number of nitriles is 1. The summed E-state index contributed by atoms with van der Waals surface area (Å²) >= 11 is 0. The molecule has 0 aliphatic heterocycles. The maximum Gasteiger partial charge on any atom is 0.0912 e. The third-order valence-corrected chi connectivity index (χ3v) is 8.44. The molecule has 0 radical (unpaired) electrons. The Morgan fingerprint density at radius 2 is 1.36 bits per heavy atom. The predicted octanol–water partition coefficient (Wildman–Crippen LogP) is 9.70. The maximum absolute atomic E-state index is 8.49. The smallest absolute Gasteiger partial charge is 0.0912 e. The molecule has 1 heteroatoms. The molecule has 1 nitrogen and oxygen atoms in total. The van der Waals surface area contributed by atoms with Gasteiger partial charge in [0.25, 0.3) is 0 Å². The number of rotatable bonds is 12. The molecule has 0 heterocycles. The first-order chi connectivity index (χ1) is 16.3. The van der Waals surface area contributed by atoms with Gasteiger partial charge in [0.1, 0.15) is 0 Å². The van der Waals surface area contributed by atoms with Gasteiger partial charge in [-0.25, -0.2) is 0 Å². The molecular weight excluding hydrogens is 398 g/mol. The fraction of sp³-hybridized carbons (Fsp3) is 0.656. The number of aryl methyl sites for hydroxylation is 1. The van der Waals surface area contributed by atoms with Gasteiger partial charge in [0.05, 0.1) is 6.07 Å². The number of unbranched alkanes of at least 4 members (excludes halogenated alkanes) is 1. The van der Waals surface area contributed by atoms with Crippen LogP contribution in [0, 0.1) is 29.1 Å². The first-order valence-corrected chi connectivity index (χ1v) is 14.1. The van der Waals surface area contributed by atoms with Gasteiger partial charge in [-0.15, -0.1) is 0 Å². The van der Waals surface area contributed by atoms with E-state index in [4.69, 9.17) is 5.26 Å². The molecule has 3 rings (SSSR count). The Kier molecular flexibility index (Phi) is 11.9. The monoisotopic (exact) mass is 445 g/mol. The Labute approximate surface area is 204 Å². The van der Waals surface area contributed by atoms with Crippen molar-refractivity contribution in [2.24, 2.45) is 17.8 Å². The van der Waals surface area contributed by atoms with Crippen LogP contribution in [0.2, 0.25) is 0 Å². The van der Waals surface area contributed by atoms with Crippen LogP contribution in [0.5, 0.6) is 0 Å². The van der Waals surface area contributed by atoms with Gasteiger partial charge in [0.15, 0.2) is 0 Å². The van der Waals surface area contributed by atoms with Crippen molar-refractivity contribution in [2.45, 2.75) is 116 Å². The summed E-state index contributed by atoms with van der Waals surface area (Å²) in [6.07, 6.45) is 30.0. The number of nitrogens with zero attached hydrogens (tertiary/aromatic N) is 1. The molecule has 1 aromatic carbocycles. The van der Waals surface area contributed by atoms with E-state index in [-0.39, 0.29) is 0 Å². The van der Waals surface area contributed by atoms with Crippen LogP contribution in [0.3, 0.4) is 0 Å². The Bertz CT molecular complexity index is 734. The second-order valence-corrected chi connectivity index (χ2v) is 10.9. The van der Waals surface area contributed by atoms with Crippen molar-refractivity contribution in [1.82, 2.24) is 0 Å². The SMILES string of the molecule is CCCc1ccc([C@H]2CC[C@H](CCCC[C@H]3CC[C@H](CCC=CC=CC#N)CC3)CC2)cc1. The zero-order chi connectivity index (χ0) is 23.1. The first kappa shape index (κ1) is 25.8. The average molecular weight is 446 g/mol. The van der Waals surface area contributed by atoms with E-state index in [2.05, 4.69) is 37.3 Å². The van der Waals surface area contributed by atoms with Crippen molar-refractivity contribution < 1.29 is 0 Å². The molecule has 0 unspecified atom stereocenters. The molecule has 2 aliphatic rings. The van der Waals surface area contributed by atoms with E-state index < -0.39 is 0 Å². The minimum Gasteiger partial charge on any atom is -0.193 e. The molecule has 0 bridgehead atoms. The molecule has 0 atom stereocenters. The Hall–Kier alpha value is -1.81. The van der Waals surface area contributed by atoms with Gasteiger partial charge in [-0.2, -0.15) is 5.26 Å². The lowest BCUT2D eigenvalue weighted by Gasteiger charge is -2.30. The van der Waals surface area contributed by atoms with Crippen LogP contribution in [-0.4, -0.2) is 0 Å². The van der Waals surface area contributed by atoms with Crippen LogP contribution in [0.1, 0.15) is 120 Å². The Balaban J connectivity index is 1.21. The Morgan fingerprint density at radius 3 is 1.94 bits per heavy atom. The van der Waals surface area contributed by atoms with E-state index in [1.54, 1.807) is 11.6 Å². The molecule has 0 aromatic heterocycles. The van der Waals surface area contributed by atoms with Crippen molar-refractivity contribution in [3.05, 3.63) is 59.7 Å². The van der Waals surface area contributed by atoms with Gasteiger partial charge < -0.3 is 0 Å². The number of benzene rings is 1. The summed E-state index contributed by atoms with van der Waals surface area (Å²) in [5.74, 6) is 3.75. The lowest BCUT2D eigenvalue weighted by Crippen LogP contribution is -2.15. The lowest BCUT2D eigenvalue weighted by atomic mass is 9.76. The minimum absolute atomic E-state index is 0.816. The van der Waals surface area contributed by atoms with Crippen LogP contribution >= 0.6 is 0 Å². The van der Waals surface area contributed by atoms with E-state index in [0.717, 1.165) is 30.1 Å². The van der Waals surface area contributed by atoms with Gasteiger partial charge in [-0.1, -0.05) is 107 Å². The molecule has 0 N–H and O–H groups in total. The minimum atomic E-state index is 0.816. The molecule has 2 saturated carbocycles. The van der Waals surface area contributed by atoms with Gasteiger partial charge in [0, 0.05) is 6.08 Å². The van der Waals surface area contributed by atoms with Crippen LogP contribution in [0.4, 0.5) is 0 Å². The second kappa shape index (κ2) is 15.2. The van der Waals surface area contributed by atoms with Gasteiger partial charge in [0.2, 0.25) is 0 Å². The first-order valence-electron chi connectivity index (χ1n) is 14.1. The van der Waals surface area contributed by atoms with Crippen molar-refractivity contribution in [2.75, 3.05) is 0 Å². The summed E-state index contributed by atoms with van der Waals surface area (Å²) in [4.78, 5) is 0. The number of hydrogen-bond acceptors (Lipinski definition) is 1. The van der Waals surface area contributed by atoms with Crippen molar-refractivity contribution in [3.63, 3.8) is 0 Å². The van der Waals surface area contributed by atoms with Crippen molar-refractivity contribution in [3.8, 4) is 6.07 Å². The largest absolute Gasteiger partial charge is 0.193 e. The molecule has 1 aromatic rings. The predicted molar refractivity (Wildman–Crippen MR) is 142 cm³/mol. The summed E-state index contributed by atoms with van der Waals surface area (Å²) in [7, 11) is 0. The lowest BCUT2D eigenvalue weighted by molar-refractivity contribution is 0.244. The van der Waals surface area contributed by atoms with Crippen LogP contribution in [0.25, 0.3) is 0 Å². The highest BCUT2D eigenvalue weighted by molar-refractivity contribution is 5.25. The van der Waals surface area contributed by atoms with Gasteiger partial charge in [-0.05, 0) is 79.7 Å². The van der Waals surface area contributed by atoms with Crippen molar-refractivity contribution >= 4 is 0 Å². The van der Waals surface area contributed by atoms with Gasteiger partial charge in [-0.3, -0.25) is 0 Å². The Morgan fingerprint density at radius 1 is 0.788 bits per heavy atom. The van der Waals surface area contributed by atoms with Gasteiger partial charge >= 0.3 is 0 Å². The highest BCUT2D eigenvalue weighted by Gasteiger charge is 2.23. The molecule has 0 saturated heterocycles. The zero-order valence-corrected chi connectivity index (χ0v) is 21.2. The zero-order valence-electron chi connectivity index (χ0n) is 21.2. The molecule has 2 fully saturated rings. The van der Waals surface area contributed by atoms with E-state index in [9.17, 15) is 0 Å². The summed E-state index contributed by atoms with van der Waals surface area (Å²) in [6, 6.07) is 11.6. The average Bonchev–Trinajstić information content (AvgIpc) is 2.86. The van der Waals surface area contributed by atoms with E-state index >= 15 is 0 Å². The molecule has 2 aliphatic carbocycles.